The lowest BCUT2D eigenvalue weighted by Crippen LogP contribution is -2.37. The number of benzene rings is 1. The highest BCUT2D eigenvalue weighted by atomic mass is 32.2. The van der Waals surface area contributed by atoms with Crippen LogP contribution in [0.5, 0.6) is 0 Å². The quantitative estimate of drug-likeness (QED) is 0.577. The lowest BCUT2D eigenvalue weighted by atomic mass is 10.2. The maximum Gasteiger partial charge on any atom is 0.293 e. The Morgan fingerprint density at radius 3 is 2.76 bits per heavy atom. The van der Waals surface area contributed by atoms with Gasteiger partial charge in [-0.25, -0.2) is 4.39 Å². The van der Waals surface area contributed by atoms with E-state index in [1.165, 1.54) is 42.1 Å². The van der Waals surface area contributed by atoms with Gasteiger partial charge in [0.1, 0.15) is 5.82 Å². The van der Waals surface area contributed by atoms with Crippen LogP contribution in [0, 0.1) is 17.1 Å². The van der Waals surface area contributed by atoms with Gasteiger partial charge in [0.25, 0.3) is 11.1 Å². The van der Waals surface area contributed by atoms with E-state index in [1.807, 2.05) is 6.07 Å². The molecule has 0 unspecified atom stereocenters. The summed E-state index contributed by atoms with van der Waals surface area (Å²) < 4.78 is 12.9. The summed E-state index contributed by atoms with van der Waals surface area (Å²) in [4.78, 5) is 37.0. The van der Waals surface area contributed by atoms with Crippen molar-refractivity contribution in [1.29, 1.82) is 5.26 Å². The van der Waals surface area contributed by atoms with Crippen LogP contribution in [0.25, 0.3) is 6.08 Å². The van der Waals surface area contributed by atoms with Crippen LogP contribution in [0.15, 0.2) is 29.2 Å². The fraction of sp³-hybridized carbons (Fsp3) is 0.250. The highest BCUT2D eigenvalue weighted by Crippen LogP contribution is 2.31. The van der Waals surface area contributed by atoms with Crippen LogP contribution in [-0.4, -0.2) is 46.5 Å². The summed E-state index contributed by atoms with van der Waals surface area (Å²) >= 11 is 2.00. The van der Waals surface area contributed by atoms with Gasteiger partial charge in [-0.05, 0) is 35.5 Å². The highest BCUT2D eigenvalue weighted by Gasteiger charge is 2.34. The number of thioether (sulfide) groups is 2. The second kappa shape index (κ2) is 9.25. The molecule has 0 aliphatic carbocycles. The van der Waals surface area contributed by atoms with E-state index in [0.29, 0.717) is 5.56 Å². The first kappa shape index (κ1) is 19.0. The van der Waals surface area contributed by atoms with Crippen molar-refractivity contribution < 1.29 is 18.8 Å². The molecule has 0 saturated carbocycles. The van der Waals surface area contributed by atoms with Crippen molar-refractivity contribution in [2.75, 3.05) is 24.6 Å². The van der Waals surface area contributed by atoms with Crippen LogP contribution in [0.1, 0.15) is 5.56 Å². The van der Waals surface area contributed by atoms with Crippen LogP contribution in [0.4, 0.5) is 9.18 Å². The molecule has 1 N–H and O–H groups in total. The molecule has 1 aliphatic heterocycles. The van der Waals surface area contributed by atoms with E-state index >= 15 is 0 Å². The fourth-order valence-electron chi connectivity index (χ4n) is 1.95. The molecule has 3 amide bonds. The van der Waals surface area contributed by atoms with E-state index in [1.54, 1.807) is 0 Å². The monoisotopic (exact) mass is 379 g/mol. The molecule has 1 saturated heterocycles. The number of halogens is 1. The highest BCUT2D eigenvalue weighted by molar-refractivity contribution is 8.18. The SMILES string of the molecule is N#CCSCC(=O)NCCN1C(=O)S/C(=C\c2ccc(F)cc2)C1=O. The first-order valence-electron chi connectivity index (χ1n) is 7.23. The van der Waals surface area contributed by atoms with E-state index in [9.17, 15) is 18.8 Å². The number of imide groups is 1. The van der Waals surface area contributed by atoms with Crippen molar-refractivity contribution in [3.8, 4) is 6.07 Å². The van der Waals surface area contributed by atoms with E-state index < -0.39 is 11.1 Å². The summed E-state index contributed by atoms with van der Waals surface area (Å²) in [7, 11) is 0. The second-order valence-electron chi connectivity index (χ2n) is 4.89. The Morgan fingerprint density at radius 2 is 2.08 bits per heavy atom. The molecular weight excluding hydrogens is 365 g/mol. The van der Waals surface area contributed by atoms with Crippen molar-refractivity contribution in [3.63, 3.8) is 0 Å². The van der Waals surface area contributed by atoms with Gasteiger partial charge < -0.3 is 5.32 Å². The zero-order chi connectivity index (χ0) is 18.2. The summed E-state index contributed by atoms with van der Waals surface area (Å²) in [6, 6.07) is 7.50. The maximum atomic E-state index is 12.9. The van der Waals surface area contributed by atoms with Crippen molar-refractivity contribution >= 4 is 46.7 Å². The lowest BCUT2D eigenvalue weighted by Gasteiger charge is -2.12. The normalized spacial score (nSPS) is 15.5. The molecule has 1 heterocycles. The minimum Gasteiger partial charge on any atom is -0.354 e. The number of nitrogens with zero attached hydrogens (tertiary/aromatic N) is 2. The van der Waals surface area contributed by atoms with Crippen LogP contribution in [0.3, 0.4) is 0 Å². The Labute approximate surface area is 152 Å². The number of nitriles is 1. The first-order chi connectivity index (χ1) is 12.0. The molecule has 1 aliphatic rings. The van der Waals surface area contributed by atoms with Gasteiger partial charge in [-0.3, -0.25) is 19.3 Å². The number of amides is 3. The molecule has 1 fully saturated rings. The summed E-state index contributed by atoms with van der Waals surface area (Å²) in [5.41, 5.74) is 0.620. The molecule has 9 heteroatoms. The van der Waals surface area contributed by atoms with Crippen molar-refractivity contribution in [2.24, 2.45) is 0 Å². The molecule has 2 rings (SSSR count). The zero-order valence-corrected chi connectivity index (χ0v) is 14.7. The first-order valence-corrected chi connectivity index (χ1v) is 9.20. The minimum atomic E-state index is -0.438. The van der Waals surface area contributed by atoms with Gasteiger partial charge in [-0.2, -0.15) is 5.26 Å². The standard InChI is InChI=1S/C16H14FN3O3S2/c17-12-3-1-11(2-4-12)9-13-15(22)20(16(23)25-13)7-6-19-14(21)10-24-8-5-18/h1-4,9H,6-8,10H2,(H,19,21)/b13-9-. The molecule has 0 aromatic heterocycles. The van der Waals surface area contributed by atoms with Crippen LogP contribution < -0.4 is 5.32 Å². The van der Waals surface area contributed by atoms with Crippen LogP contribution in [0.2, 0.25) is 0 Å². The zero-order valence-electron chi connectivity index (χ0n) is 13.0. The van der Waals surface area contributed by atoms with E-state index in [4.69, 9.17) is 5.26 Å². The molecule has 0 atom stereocenters. The lowest BCUT2D eigenvalue weighted by molar-refractivity contribution is -0.123. The third-order valence-electron chi connectivity index (χ3n) is 3.10. The predicted molar refractivity (Wildman–Crippen MR) is 95.0 cm³/mol. The summed E-state index contributed by atoms with van der Waals surface area (Å²) in [6.45, 7) is 0.216. The summed E-state index contributed by atoms with van der Waals surface area (Å²) in [5.74, 6) is -0.694. The topological polar surface area (TPSA) is 90.3 Å². The number of carbonyl (C=O) groups is 3. The van der Waals surface area contributed by atoms with Gasteiger partial charge in [0.2, 0.25) is 5.91 Å². The van der Waals surface area contributed by atoms with E-state index in [-0.39, 0.29) is 41.2 Å². The smallest absolute Gasteiger partial charge is 0.293 e. The van der Waals surface area contributed by atoms with Gasteiger partial charge in [-0.15, -0.1) is 11.8 Å². The third-order valence-corrected chi connectivity index (χ3v) is 4.81. The Kier molecular flexibility index (Phi) is 7.03. The Hall–Kier alpha value is -2.31. The number of hydrogen-bond acceptors (Lipinski definition) is 6. The van der Waals surface area contributed by atoms with Gasteiger partial charge in [0, 0.05) is 13.1 Å². The molecule has 25 heavy (non-hydrogen) atoms. The molecule has 130 valence electrons. The third kappa shape index (κ3) is 5.62. The fourth-order valence-corrected chi connectivity index (χ4v) is 3.30. The molecule has 6 nitrogen and oxygen atoms in total. The average molecular weight is 379 g/mol. The van der Waals surface area contributed by atoms with Crippen LogP contribution >= 0.6 is 23.5 Å². The van der Waals surface area contributed by atoms with Crippen molar-refractivity contribution in [1.82, 2.24) is 10.2 Å². The maximum absolute atomic E-state index is 12.9. The molecule has 0 bridgehead atoms. The molecular formula is C16H14FN3O3S2. The van der Waals surface area contributed by atoms with Crippen molar-refractivity contribution in [3.05, 3.63) is 40.6 Å². The van der Waals surface area contributed by atoms with Crippen molar-refractivity contribution in [2.45, 2.75) is 0 Å². The predicted octanol–water partition coefficient (Wildman–Crippen LogP) is 2.23. The average Bonchev–Trinajstić information content (AvgIpc) is 2.84. The largest absolute Gasteiger partial charge is 0.354 e. The van der Waals surface area contributed by atoms with Gasteiger partial charge in [0.15, 0.2) is 0 Å². The number of nitrogens with one attached hydrogen (secondary N) is 1. The summed E-state index contributed by atoms with van der Waals surface area (Å²) in [6.07, 6.45) is 1.53. The van der Waals surface area contributed by atoms with Gasteiger partial charge >= 0.3 is 0 Å². The molecule has 1 aromatic carbocycles. The molecule has 0 radical (unpaired) electrons. The Morgan fingerprint density at radius 1 is 1.36 bits per heavy atom. The molecule has 0 spiro atoms. The minimum absolute atomic E-state index is 0.0695. The number of hydrogen-bond donors (Lipinski definition) is 1. The Balaban J connectivity index is 1.87. The number of carbonyl (C=O) groups excluding carboxylic acids is 3. The van der Waals surface area contributed by atoms with Gasteiger partial charge in [0.05, 0.1) is 22.5 Å². The second-order valence-corrected chi connectivity index (χ2v) is 6.86. The summed E-state index contributed by atoms with van der Waals surface area (Å²) in [5, 5.41) is 10.6. The van der Waals surface area contributed by atoms with E-state index in [2.05, 4.69) is 5.32 Å². The van der Waals surface area contributed by atoms with E-state index in [0.717, 1.165) is 16.7 Å². The van der Waals surface area contributed by atoms with Crippen LogP contribution in [-0.2, 0) is 9.59 Å². The Bertz CT molecular complexity index is 744. The van der Waals surface area contributed by atoms with Gasteiger partial charge in [-0.1, -0.05) is 12.1 Å². The molecule has 1 aromatic rings. The number of rotatable bonds is 7.